The van der Waals surface area contributed by atoms with E-state index in [4.69, 9.17) is 16.3 Å². The normalized spacial score (nSPS) is 11.9. The van der Waals surface area contributed by atoms with Crippen molar-refractivity contribution >= 4 is 17.5 Å². The van der Waals surface area contributed by atoms with E-state index in [9.17, 15) is 4.79 Å². The van der Waals surface area contributed by atoms with Gasteiger partial charge in [-0.2, -0.15) is 0 Å². The Morgan fingerprint density at radius 2 is 1.75 bits per heavy atom. The molecule has 0 heterocycles. The number of halogens is 1. The van der Waals surface area contributed by atoms with Gasteiger partial charge in [-0.15, -0.1) is 0 Å². The van der Waals surface area contributed by atoms with Gasteiger partial charge >= 0.3 is 0 Å². The Balaban J connectivity index is 1.98. The minimum atomic E-state index is -0.0410. The van der Waals surface area contributed by atoms with Gasteiger partial charge in [-0.3, -0.25) is 4.79 Å². The largest absolute Gasteiger partial charge is 0.489 e. The molecule has 0 fully saturated rings. The van der Waals surface area contributed by atoms with Crippen molar-refractivity contribution in [1.82, 2.24) is 5.32 Å². The molecule has 0 aliphatic rings. The highest BCUT2D eigenvalue weighted by molar-refractivity contribution is 6.32. The van der Waals surface area contributed by atoms with Gasteiger partial charge in [0.15, 0.2) is 0 Å². The summed E-state index contributed by atoms with van der Waals surface area (Å²) in [5.74, 6) is 0.758. The van der Waals surface area contributed by atoms with Gasteiger partial charge in [-0.05, 0) is 68.1 Å². The molecule has 24 heavy (non-hydrogen) atoms. The van der Waals surface area contributed by atoms with Gasteiger partial charge < -0.3 is 10.1 Å². The van der Waals surface area contributed by atoms with Crippen LogP contribution in [0.25, 0.3) is 0 Å². The zero-order valence-corrected chi connectivity index (χ0v) is 15.4. The second kappa shape index (κ2) is 8.20. The molecular formula is C20H24ClNO2. The first-order valence-electron chi connectivity index (χ1n) is 8.20. The SMILES string of the molecule is CC[C@H](C)NC(=O)c1ccc(COc2cc(C)c(Cl)c(C)c2)cc1. The summed E-state index contributed by atoms with van der Waals surface area (Å²) in [4.78, 5) is 12.1. The first-order chi connectivity index (χ1) is 11.4. The predicted molar refractivity (Wildman–Crippen MR) is 98.9 cm³/mol. The topological polar surface area (TPSA) is 38.3 Å². The highest BCUT2D eigenvalue weighted by Crippen LogP contribution is 2.26. The van der Waals surface area contributed by atoms with Crippen molar-refractivity contribution in [2.24, 2.45) is 0 Å². The number of amides is 1. The number of benzene rings is 2. The van der Waals surface area contributed by atoms with E-state index in [1.807, 2.05) is 64.1 Å². The summed E-state index contributed by atoms with van der Waals surface area (Å²) in [6.07, 6.45) is 0.914. The van der Waals surface area contributed by atoms with Crippen molar-refractivity contribution in [3.8, 4) is 5.75 Å². The number of carbonyl (C=O) groups is 1. The molecule has 0 radical (unpaired) electrons. The predicted octanol–water partition coefficient (Wildman–Crippen LogP) is 5.06. The Labute approximate surface area is 149 Å². The Kier molecular flexibility index (Phi) is 6.27. The Hall–Kier alpha value is -2.00. The van der Waals surface area contributed by atoms with Gasteiger partial charge in [0.1, 0.15) is 12.4 Å². The van der Waals surface area contributed by atoms with E-state index in [2.05, 4.69) is 5.32 Å². The third-order valence-electron chi connectivity index (χ3n) is 4.02. The van der Waals surface area contributed by atoms with Crippen LogP contribution in [0.1, 0.15) is 47.3 Å². The second-order valence-electron chi connectivity index (χ2n) is 6.14. The molecule has 1 amide bonds. The average molecular weight is 346 g/mol. The molecule has 2 aromatic rings. The molecule has 128 valence electrons. The van der Waals surface area contributed by atoms with Crippen LogP contribution in [-0.2, 0) is 6.61 Å². The van der Waals surface area contributed by atoms with Crippen LogP contribution < -0.4 is 10.1 Å². The molecule has 3 nitrogen and oxygen atoms in total. The summed E-state index contributed by atoms with van der Waals surface area (Å²) in [6.45, 7) is 8.43. The molecule has 0 aliphatic heterocycles. The minimum absolute atomic E-state index is 0.0410. The molecule has 0 unspecified atom stereocenters. The number of rotatable bonds is 6. The fourth-order valence-electron chi connectivity index (χ4n) is 2.32. The lowest BCUT2D eigenvalue weighted by Gasteiger charge is -2.12. The summed E-state index contributed by atoms with van der Waals surface area (Å²) in [5, 5.41) is 3.74. The highest BCUT2D eigenvalue weighted by atomic mass is 35.5. The van der Waals surface area contributed by atoms with E-state index in [0.29, 0.717) is 12.2 Å². The summed E-state index contributed by atoms with van der Waals surface area (Å²) in [5.41, 5.74) is 3.69. The lowest BCUT2D eigenvalue weighted by molar-refractivity contribution is 0.0939. The summed E-state index contributed by atoms with van der Waals surface area (Å²) < 4.78 is 5.83. The highest BCUT2D eigenvalue weighted by Gasteiger charge is 2.08. The number of nitrogens with one attached hydrogen (secondary N) is 1. The first kappa shape index (κ1) is 18.3. The Bertz CT molecular complexity index is 687. The molecule has 0 spiro atoms. The molecule has 4 heteroatoms. The Morgan fingerprint density at radius 3 is 2.29 bits per heavy atom. The quantitative estimate of drug-likeness (QED) is 0.794. The third-order valence-corrected chi connectivity index (χ3v) is 4.62. The first-order valence-corrected chi connectivity index (χ1v) is 8.57. The van der Waals surface area contributed by atoms with Crippen molar-refractivity contribution in [3.63, 3.8) is 0 Å². The maximum atomic E-state index is 12.1. The fraction of sp³-hybridized carbons (Fsp3) is 0.350. The van der Waals surface area contributed by atoms with Crippen molar-refractivity contribution in [2.45, 2.75) is 46.8 Å². The van der Waals surface area contributed by atoms with E-state index in [1.54, 1.807) is 0 Å². The molecule has 1 atom stereocenters. The zero-order chi connectivity index (χ0) is 17.7. The number of carbonyl (C=O) groups excluding carboxylic acids is 1. The standard InChI is InChI=1S/C20H24ClNO2/c1-5-15(4)22-20(23)17-8-6-16(7-9-17)12-24-18-10-13(2)19(21)14(3)11-18/h6-11,15H,5,12H2,1-4H3,(H,22,23)/t15-/m0/s1. The summed E-state index contributed by atoms with van der Waals surface area (Å²) in [7, 11) is 0. The van der Waals surface area contributed by atoms with Crippen LogP contribution in [-0.4, -0.2) is 11.9 Å². The zero-order valence-electron chi connectivity index (χ0n) is 14.7. The number of hydrogen-bond acceptors (Lipinski definition) is 2. The van der Waals surface area contributed by atoms with Crippen LogP contribution in [0.2, 0.25) is 5.02 Å². The van der Waals surface area contributed by atoms with Crippen molar-refractivity contribution in [2.75, 3.05) is 0 Å². The lowest BCUT2D eigenvalue weighted by atomic mass is 10.1. The van der Waals surface area contributed by atoms with Crippen LogP contribution in [0, 0.1) is 13.8 Å². The maximum absolute atomic E-state index is 12.1. The molecule has 2 aromatic carbocycles. The van der Waals surface area contributed by atoms with Crippen molar-refractivity contribution in [3.05, 3.63) is 63.7 Å². The van der Waals surface area contributed by atoms with Crippen LogP contribution >= 0.6 is 11.6 Å². The van der Waals surface area contributed by atoms with E-state index in [1.165, 1.54) is 0 Å². The van der Waals surface area contributed by atoms with Crippen LogP contribution in [0.4, 0.5) is 0 Å². The molecule has 0 saturated heterocycles. The van der Waals surface area contributed by atoms with E-state index >= 15 is 0 Å². The molecule has 1 N–H and O–H groups in total. The van der Waals surface area contributed by atoms with E-state index < -0.39 is 0 Å². The monoisotopic (exact) mass is 345 g/mol. The summed E-state index contributed by atoms with van der Waals surface area (Å²) in [6, 6.07) is 11.5. The molecule has 0 aromatic heterocycles. The molecule has 0 saturated carbocycles. The Morgan fingerprint density at radius 1 is 1.17 bits per heavy atom. The molecule has 2 rings (SSSR count). The van der Waals surface area contributed by atoms with Crippen molar-refractivity contribution in [1.29, 1.82) is 0 Å². The van der Waals surface area contributed by atoms with Crippen molar-refractivity contribution < 1.29 is 9.53 Å². The van der Waals surface area contributed by atoms with E-state index in [-0.39, 0.29) is 11.9 Å². The van der Waals surface area contributed by atoms with Crippen LogP contribution in [0.5, 0.6) is 5.75 Å². The van der Waals surface area contributed by atoms with Gasteiger partial charge in [-0.1, -0.05) is 30.7 Å². The smallest absolute Gasteiger partial charge is 0.251 e. The fourth-order valence-corrected chi connectivity index (χ4v) is 2.43. The molecular weight excluding hydrogens is 322 g/mol. The maximum Gasteiger partial charge on any atom is 0.251 e. The van der Waals surface area contributed by atoms with Gasteiger partial charge in [0.25, 0.3) is 5.91 Å². The van der Waals surface area contributed by atoms with Gasteiger partial charge in [0, 0.05) is 16.6 Å². The van der Waals surface area contributed by atoms with Gasteiger partial charge in [0.05, 0.1) is 0 Å². The second-order valence-corrected chi connectivity index (χ2v) is 6.52. The number of ether oxygens (including phenoxy) is 1. The minimum Gasteiger partial charge on any atom is -0.489 e. The van der Waals surface area contributed by atoms with E-state index in [0.717, 1.165) is 33.9 Å². The lowest BCUT2D eigenvalue weighted by Crippen LogP contribution is -2.31. The molecule has 0 aliphatic carbocycles. The number of aryl methyl sites for hydroxylation is 2. The molecule has 0 bridgehead atoms. The average Bonchev–Trinajstić information content (AvgIpc) is 2.57. The third kappa shape index (κ3) is 4.75. The van der Waals surface area contributed by atoms with Gasteiger partial charge in [-0.25, -0.2) is 0 Å². The summed E-state index contributed by atoms with van der Waals surface area (Å²) >= 11 is 6.17. The number of hydrogen-bond donors (Lipinski definition) is 1. The van der Waals surface area contributed by atoms with Gasteiger partial charge in [0.2, 0.25) is 0 Å². The van der Waals surface area contributed by atoms with Crippen LogP contribution in [0.15, 0.2) is 36.4 Å². The van der Waals surface area contributed by atoms with Crippen LogP contribution in [0.3, 0.4) is 0 Å².